The summed E-state index contributed by atoms with van der Waals surface area (Å²) in [5, 5.41) is 0. The number of nitrogens with two attached hydrogens (primary N) is 1. The van der Waals surface area contributed by atoms with Crippen LogP contribution in [0.5, 0.6) is 0 Å². The summed E-state index contributed by atoms with van der Waals surface area (Å²) in [6.07, 6.45) is 2.31. The smallest absolute Gasteiger partial charge is 0.226 e. The summed E-state index contributed by atoms with van der Waals surface area (Å²) < 4.78 is 12.8. The molecule has 104 valence electrons. The molecule has 1 unspecified atom stereocenters. The Balaban J connectivity index is 1.86. The van der Waals surface area contributed by atoms with E-state index in [4.69, 9.17) is 5.73 Å². The summed E-state index contributed by atoms with van der Waals surface area (Å²) in [4.78, 5) is 14.0. The third-order valence-corrected chi connectivity index (χ3v) is 3.90. The quantitative estimate of drug-likeness (QED) is 0.907. The Kier molecular flexibility index (Phi) is 4.53. The first-order valence-corrected chi connectivity index (χ1v) is 6.84. The molecular formula is C15H21FN2O. The minimum atomic E-state index is -0.269. The second-order valence-electron chi connectivity index (χ2n) is 5.38. The van der Waals surface area contributed by atoms with Crippen molar-refractivity contribution in [2.75, 3.05) is 13.1 Å². The van der Waals surface area contributed by atoms with Gasteiger partial charge >= 0.3 is 0 Å². The van der Waals surface area contributed by atoms with Crippen molar-refractivity contribution in [2.24, 2.45) is 11.7 Å². The van der Waals surface area contributed by atoms with Gasteiger partial charge in [0.05, 0.1) is 6.42 Å². The van der Waals surface area contributed by atoms with Crippen molar-refractivity contribution in [3.05, 3.63) is 35.6 Å². The molecule has 4 heteroatoms. The van der Waals surface area contributed by atoms with Crippen LogP contribution in [0.3, 0.4) is 0 Å². The number of halogens is 1. The highest BCUT2D eigenvalue weighted by atomic mass is 19.1. The molecule has 0 aromatic heterocycles. The van der Waals surface area contributed by atoms with Gasteiger partial charge in [-0.15, -0.1) is 0 Å². The van der Waals surface area contributed by atoms with Crippen molar-refractivity contribution in [1.82, 2.24) is 4.90 Å². The summed E-state index contributed by atoms with van der Waals surface area (Å²) in [6.45, 7) is 3.60. The SMILES string of the molecule is CC(N)C1CCN(C(=O)Cc2ccc(F)cc2)CC1. The molecule has 0 aliphatic carbocycles. The summed E-state index contributed by atoms with van der Waals surface area (Å²) in [5.74, 6) is 0.374. The number of hydrogen-bond acceptors (Lipinski definition) is 2. The van der Waals surface area contributed by atoms with E-state index in [9.17, 15) is 9.18 Å². The predicted octanol–water partition coefficient (Wildman–Crippen LogP) is 1.95. The second kappa shape index (κ2) is 6.15. The fraction of sp³-hybridized carbons (Fsp3) is 0.533. The highest BCUT2D eigenvalue weighted by Gasteiger charge is 2.24. The van der Waals surface area contributed by atoms with Gasteiger partial charge in [0.25, 0.3) is 0 Å². The Labute approximate surface area is 113 Å². The van der Waals surface area contributed by atoms with Crippen LogP contribution in [0, 0.1) is 11.7 Å². The number of piperidine rings is 1. The van der Waals surface area contributed by atoms with Gasteiger partial charge in [-0.25, -0.2) is 4.39 Å². The number of nitrogens with zero attached hydrogens (tertiary/aromatic N) is 1. The molecule has 1 atom stereocenters. The third kappa shape index (κ3) is 3.77. The molecule has 0 radical (unpaired) electrons. The fourth-order valence-electron chi connectivity index (χ4n) is 2.56. The maximum absolute atomic E-state index is 12.8. The summed E-state index contributed by atoms with van der Waals surface area (Å²) in [5.41, 5.74) is 6.75. The van der Waals surface area contributed by atoms with Gasteiger partial charge < -0.3 is 10.6 Å². The van der Waals surface area contributed by atoms with Gasteiger partial charge in [0, 0.05) is 19.1 Å². The first-order chi connectivity index (χ1) is 9.06. The largest absolute Gasteiger partial charge is 0.342 e. The van der Waals surface area contributed by atoms with Crippen molar-refractivity contribution >= 4 is 5.91 Å². The molecule has 0 spiro atoms. The first kappa shape index (κ1) is 14.0. The number of rotatable bonds is 3. The average molecular weight is 264 g/mol. The van der Waals surface area contributed by atoms with Crippen molar-refractivity contribution in [3.63, 3.8) is 0 Å². The molecular weight excluding hydrogens is 243 g/mol. The van der Waals surface area contributed by atoms with Crippen LogP contribution in [-0.2, 0) is 11.2 Å². The maximum Gasteiger partial charge on any atom is 0.226 e. The Morgan fingerprint density at radius 1 is 1.37 bits per heavy atom. The molecule has 2 rings (SSSR count). The number of amides is 1. The third-order valence-electron chi connectivity index (χ3n) is 3.90. The average Bonchev–Trinajstić information content (AvgIpc) is 2.41. The van der Waals surface area contributed by atoms with Crippen molar-refractivity contribution < 1.29 is 9.18 Å². The monoisotopic (exact) mass is 264 g/mol. The zero-order chi connectivity index (χ0) is 13.8. The minimum absolute atomic E-state index is 0.120. The van der Waals surface area contributed by atoms with Crippen LogP contribution < -0.4 is 5.73 Å². The van der Waals surface area contributed by atoms with Crippen LogP contribution in [0.1, 0.15) is 25.3 Å². The summed E-state index contributed by atoms with van der Waals surface area (Å²) in [7, 11) is 0. The van der Waals surface area contributed by atoms with E-state index in [1.54, 1.807) is 12.1 Å². The number of benzene rings is 1. The molecule has 3 nitrogen and oxygen atoms in total. The van der Waals surface area contributed by atoms with Crippen molar-refractivity contribution in [2.45, 2.75) is 32.2 Å². The Morgan fingerprint density at radius 2 is 1.95 bits per heavy atom. The molecule has 1 fully saturated rings. The van der Waals surface area contributed by atoms with Gasteiger partial charge in [0.15, 0.2) is 0 Å². The number of likely N-dealkylation sites (tertiary alicyclic amines) is 1. The Morgan fingerprint density at radius 3 is 2.47 bits per heavy atom. The van der Waals surface area contributed by atoms with E-state index in [0.29, 0.717) is 12.3 Å². The topological polar surface area (TPSA) is 46.3 Å². The molecule has 0 bridgehead atoms. The first-order valence-electron chi connectivity index (χ1n) is 6.84. The fourth-order valence-corrected chi connectivity index (χ4v) is 2.56. The molecule has 1 amide bonds. The minimum Gasteiger partial charge on any atom is -0.342 e. The number of carbonyl (C=O) groups excluding carboxylic acids is 1. The lowest BCUT2D eigenvalue weighted by atomic mass is 9.91. The van der Waals surface area contributed by atoms with E-state index < -0.39 is 0 Å². The second-order valence-corrected chi connectivity index (χ2v) is 5.38. The highest BCUT2D eigenvalue weighted by Crippen LogP contribution is 2.20. The molecule has 1 aromatic carbocycles. The van der Waals surface area contributed by atoms with E-state index in [1.807, 2.05) is 11.8 Å². The number of hydrogen-bond donors (Lipinski definition) is 1. The molecule has 1 aromatic rings. The lowest BCUT2D eigenvalue weighted by Gasteiger charge is -2.33. The van der Waals surface area contributed by atoms with Crippen LogP contribution in [0.4, 0.5) is 4.39 Å². The van der Waals surface area contributed by atoms with Crippen LogP contribution in [0.25, 0.3) is 0 Å². The zero-order valence-corrected chi connectivity index (χ0v) is 11.3. The van der Waals surface area contributed by atoms with E-state index in [2.05, 4.69) is 0 Å². The molecule has 1 saturated heterocycles. The van der Waals surface area contributed by atoms with Crippen LogP contribution in [0.2, 0.25) is 0 Å². The van der Waals surface area contributed by atoms with Crippen molar-refractivity contribution in [3.8, 4) is 0 Å². The molecule has 19 heavy (non-hydrogen) atoms. The molecule has 1 aliphatic rings. The van der Waals surface area contributed by atoms with E-state index in [0.717, 1.165) is 31.5 Å². The Hall–Kier alpha value is -1.42. The van der Waals surface area contributed by atoms with Crippen LogP contribution in [0.15, 0.2) is 24.3 Å². The van der Waals surface area contributed by atoms with Gasteiger partial charge in [0.1, 0.15) is 5.82 Å². The number of carbonyl (C=O) groups is 1. The van der Waals surface area contributed by atoms with E-state index in [-0.39, 0.29) is 17.8 Å². The normalized spacial score (nSPS) is 18.4. The lowest BCUT2D eigenvalue weighted by Crippen LogP contribution is -2.43. The lowest BCUT2D eigenvalue weighted by molar-refractivity contribution is -0.131. The molecule has 1 heterocycles. The summed E-state index contributed by atoms with van der Waals surface area (Å²) >= 11 is 0. The highest BCUT2D eigenvalue weighted by molar-refractivity contribution is 5.78. The molecule has 1 aliphatic heterocycles. The van der Waals surface area contributed by atoms with Gasteiger partial charge in [-0.3, -0.25) is 4.79 Å². The van der Waals surface area contributed by atoms with Gasteiger partial charge in [-0.1, -0.05) is 12.1 Å². The predicted molar refractivity (Wildman–Crippen MR) is 73.1 cm³/mol. The molecule has 2 N–H and O–H groups in total. The summed E-state index contributed by atoms with van der Waals surface area (Å²) in [6, 6.07) is 6.33. The van der Waals surface area contributed by atoms with E-state index >= 15 is 0 Å². The Bertz CT molecular complexity index is 422. The van der Waals surface area contributed by atoms with Gasteiger partial charge in [-0.05, 0) is 43.4 Å². The van der Waals surface area contributed by atoms with Crippen LogP contribution in [-0.4, -0.2) is 29.9 Å². The van der Waals surface area contributed by atoms with E-state index in [1.165, 1.54) is 12.1 Å². The standard InChI is InChI=1S/C15H21FN2O/c1-11(17)13-6-8-18(9-7-13)15(19)10-12-2-4-14(16)5-3-12/h2-5,11,13H,6-10,17H2,1H3. The van der Waals surface area contributed by atoms with Crippen molar-refractivity contribution in [1.29, 1.82) is 0 Å². The van der Waals surface area contributed by atoms with Crippen LogP contribution >= 0.6 is 0 Å². The molecule has 0 saturated carbocycles. The van der Waals surface area contributed by atoms with Gasteiger partial charge in [0.2, 0.25) is 5.91 Å². The maximum atomic E-state index is 12.8. The zero-order valence-electron chi connectivity index (χ0n) is 11.3. The van der Waals surface area contributed by atoms with Gasteiger partial charge in [-0.2, -0.15) is 0 Å².